The Labute approximate surface area is 115 Å². The number of benzene rings is 1. The molecule has 0 heterocycles. The number of rotatable bonds is 3. The molecule has 2 rings (SSSR count). The van der Waals surface area contributed by atoms with Crippen LogP contribution < -0.4 is 5.32 Å². The molecule has 0 spiro atoms. The predicted octanol–water partition coefficient (Wildman–Crippen LogP) is 3.69. The average Bonchev–Trinajstić information content (AvgIpc) is 2.37. The molecule has 3 atom stereocenters. The van der Waals surface area contributed by atoms with E-state index in [1.165, 1.54) is 5.56 Å². The van der Waals surface area contributed by atoms with Gasteiger partial charge in [0.25, 0.3) is 0 Å². The first kappa shape index (κ1) is 13.9. The van der Waals surface area contributed by atoms with Gasteiger partial charge >= 0.3 is 5.97 Å². The van der Waals surface area contributed by atoms with E-state index in [2.05, 4.69) is 19.2 Å². The van der Waals surface area contributed by atoms with Gasteiger partial charge in [0.15, 0.2) is 0 Å². The number of carboxylic acid groups (broad SMARTS) is 1. The number of hydrogen-bond acceptors (Lipinski definition) is 2. The summed E-state index contributed by atoms with van der Waals surface area (Å²) in [6.45, 7) is 6.24. The Kier molecular flexibility index (Phi) is 3.83. The van der Waals surface area contributed by atoms with E-state index in [0.29, 0.717) is 12.3 Å². The minimum atomic E-state index is -0.826. The summed E-state index contributed by atoms with van der Waals surface area (Å²) in [4.78, 5) is 11.8. The van der Waals surface area contributed by atoms with Crippen LogP contribution >= 0.6 is 0 Å². The Morgan fingerprint density at radius 3 is 2.53 bits per heavy atom. The number of carbonyl (C=O) groups is 1. The van der Waals surface area contributed by atoms with E-state index in [4.69, 9.17) is 0 Å². The molecule has 1 aromatic rings. The van der Waals surface area contributed by atoms with Crippen molar-refractivity contribution in [2.24, 2.45) is 11.8 Å². The van der Waals surface area contributed by atoms with Crippen LogP contribution in [0.1, 0.15) is 38.7 Å². The van der Waals surface area contributed by atoms with Gasteiger partial charge in [-0.15, -0.1) is 0 Å². The molecule has 3 nitrogen and oxygen atoms in total. The minimum absolute atomic E-state index is 0.125. The van der Waals surface area contributed by atoms with E-state index in [9.17, 15) is 9.90 Å². The van der Waals surface area contributed by atoms with E-state index in [0.717, 1.165) is 18.5 Å². The van der Waals surface area contributed by atoms with Crippen LogP contribution in [-0.2, 0) is 4.79 Å². The van der Waals surface area contributed by atoms with Crippen LogP contribution in [0, 0.1) is 18.8 Å². The molecule has 0 saturated heterocycles. The molecule has 1 aromatic carbocycles. The zero-order valence-corrected chi connectivity index (χ0v) is 11.9. The molecule has 19 heavy (non-hydrogen) atoms. The molecule has 1 aliphatic carbocycles. The van der Waals surface area contributed by atoms with Crippen molar-refractivity contribution < 1.29 is 9.90 Å². The first-order valence-corrected chi connectivity index (χ1v) is 7.04. The molecule has 104 valence electrons. The van der Waals surface area contributed by atoms with E-state index >= 15 is 0 Å². The number of aryl methyl sites for hydroxylation is 1. The van der Waals surface area contributed by atoms with Crippen molar-refractivity contribution in [3.63, 3.8) is 0 Å². The van der Waals surface area contributed by atoms with Crippen LogP contribution in [0.2, 0.25) is 0 Å². The minimum Gasteiger partial charge on any atom is -0.479 e. The van der Waals surface area contributed by atoms with E-state index in [1.807, 2.05) is 31.2 Å². The lowest BCUT2D eigenvalue weighted by Crippen LogP contribution is -2.55. The largest absolute Gasteiger partial charge is 0.479 e. The van der Waals surface area contributed by atoms with Crippen LogP contribution in [-0.4, -0.2) is 16.6 Å². The second-order valence-electron chi connectivity index (χ2n) is 5.93. The summed E-state index contributed by atoms with van der Waals surface area (Å²) >= 11 is 0. The fraction of sp³-hybridized carbons (Fsp3) is 0.562. The molecule has 0 aromatic heterocycles. The molecule has 1 fully saturated rings. The summed E-state index contributed by atoms with van der Waals surface area (Å²) in [5.74, 6) is -0.171. The Hall–Kier alpha value is -1.51. The van der Waals surface area contributed by atoms with Crippen molar-refractivity contribution in [3.05, 3.63) is 29.8 Å². The Morgan fingerprint density at radius 2 is 1.95 bits per heavy atom. The van der Waals surface area contributed by atoms with Gasteiger partial charge in [-0.25, -0.2) is 4.79 Å². The number of carboxylic acids is 1. The molecule has 1 saturated carbocycles. The Bertz CT molecular complexity index is 454. The lowest BCUT2D eigenvalue weighted by atomic mass is 9.68. The fourth-order valence-corrected chi connectivity index (χ4v) is 3.09. The molecular formula is C16H23NO2. The lowest BCUT2D eigenvalue weighted by molar-refractivity contribution is -0.146. The smallest absolute Gasteiger partial charge is 0.329 e. The molecule has 3 unspecified atom stereocenters. The van der Waals surface area contributed by atoms with Gasteiger partial charge in [0.1, 0.15) is 5.54 Å². The quantitative estimate of drug-likeness (QED) is 0.872. The number of anilines is 1. The maximum atomic E-state index is 11.8. The molecule has 2 N–H and O–H groups in total. The summed E-state index contributed by atoms with van der Waals surface area (Å²) in [6.07, 6.45) is 2.78. The van der Waals surface area contributed by atoms with E-state index in [1.54, 1.807) is 0 Å². The van der Waals surface area contributed by atoms with Gasteiger partial charge in [0, 0.05) is 5.69 Å². The van der Waals surface area contributed by atoms with Gasteiger partial charge in [-0.3, -0.25) is 0 Å². The monoisotopic (exact) mass is 261 g/mol. The highest BCUT2D eigenvalue weighted by Gasteiger charge is 2.47. The maximum Gasteiger partial charge on any atom is 0.329 e. The van der Waals surface area contributed by atoms with Gasteiger partial charge in [-0.2, -0.15) is 0 Å². The summed E-state index contributed by atoms with van der Waals surface area (Å²) < 4.78 is 0. The molecule has 1 aliphatic rings. The third-order valence-electron chi connectivity index (χ3n) is 4.66. The molecule has 0 bridgehead atoms. The van der Waals surface area contributed by atoms with Crippen LogP contribution in [0.15, 0.2) is 24.3 Å². The molecular weight excluding hydrogens is 238 g/mol. The van der Waals surface area contributed by atoms with Gasteiger partial charge in [-0.05, 0) is 37.3 Å². The number of hydrogen-bond donors (Lipinski definition) is 2. The maximum absolute atomic E-state index is 11.8. The van der Waals surface area contributed by atoms with Gasteiger partial charge in [-0.1, -0.05) is 44.4 Å². The summed E-state index contributed by atoms with van der Waals surface area (Å²) in [5, 5.41) is 13.0. The topological polar surface area (TPSA) is 49.3 Å². The first-order valence-electron chi connectivity index (χ1n) is 7.04. The van der Waals surface area contributed by atoms with Crippen molar-refractivity contribution in [1.29, 1.82) is 0 Å². The second kappa shape index (κ2) is 5.24. The highest BCUT2D eigenvalue weighted by Crippen LogP contribution is 2.40. The van der Waals surface area contributed by atoms with Crippen LogP contribution in [0.3, 0.4) is 0 Å². The average molecular weight is 261 g/mol. The third kappa shape index (κ3) is 2.60. The van der Waals surface area contributed by atoms with Crippen molar-refractivity contribution in [2.45, 2.75) is 45.6 Å². The van der Waals surface area contributed by atoms with Crippen LogP contribution in [0.25, 0.3) is 0 Å². The zero-order valence-electron chi connectivity index (χ0n) is 11.9. The normalized spacial score (nSPS) is 30.9. The summed E-state index contributed by atoms with van der Waals surface area (Å²) in [7, 11) is 0. The SMILES string of the molecule is Cc1ccc(NC2(C(=O)O)CCCC(C)C2C)cc1. The lowest BCUT2D eigenvalue weighted by Gasteiger charge is -2.43. The second-order valence-corrected chi connectivity index (χ2v) is 5.93. The zero-order chi connectivity index (χ0) is 14.0. The third-order valence-corrected chi connectivity index (χ3v) is 4.66. The Morgan fingerprint density at radius 1 is 1.32 bits per heavy atom. The van der Waals surface area contributed by atoms with Gasteiger partial charge < -0.3 is 10.4 Å². The fourth-order valence-electron chi connectivity index (χ4n) is 3.09. The predicted molar refractivity (Wildman–Crippen MR) is 77.3 cm³/mol. The van der Waals surface area contributed by atoms with Crippen molar-refractivity contribution in [3.8, 4) is 0 Å². The van der Waals surface area contributed by atoms with Crippen molar-refractivity contribution in [1.82, 2.24) is 0 Å². The molecule has 0 radical (unpaired) electrons. The molecule has 0 amide bonds. The van der Waals surface area contributed by atoms with Crippen LogP contribution in [0.5, 0.6) is 0 Å². The van der Waals surface area contributed by atoms with E-state index < -0.39 is 11.5 Å². The standard InChI is InChI=1S/C16H23NO2/c1-11-6-8-14(9-7-11)17-16(15(18)19)10-4-5-12(2)13(16)3/h6-9,12-13,17H,4-5,10H2,1-3H3,(H,18,19). The first-order chi connectivity index (χ1) is 8.95. The summed E-state index contributed by atoms with van der Waals surface area (Å²) in [6, 6.07) is 7.95. The number of aliphatic carboxylic acids is 1. The van der Waals surface area contributed by atoms with Crippen molar-refractivity contribution >= 4 is 11.7 Å². The van der Waals surface area contributed by atoms with E-state index in [-0.39, 0.29) is 5.92 Å². The van der Waals surface area contributed by atoms with Gasteiger partial charge in [0.2, 0.25) is 0 Å². The van der Waals surface area contributed by atoms with Crippen molar-refractivity contribution in [2.75, 3.05) is 5.32 Å². The molecule has 3 heteroatoms. The van der Waals surface area contributed by atoms with Gasteiger partial charge in [0.05, 0.1) is 0 Å². The highest BCUT2D eigenvalue weighted by atomic mass is 16.4. The highest BCUT2D eigenvalue weighted by molar-refractivity contribution is 5.83. The number of nitrogens with one attached hydrogen (secondary N) is 1. The summed E-state index contributed by atoms with van der Waals surface area (Å²) in [5.41, 5.74) is 1.25. The molecule has 0 aliphatic heterocycles. The Balaban J connectivity index is 2.29. The van der Waals surface area contributed by atoms with Crippen LogP contribution in [0.4, 0.5) is 5.69 Å².